The summed E-state index contributed by atoms with van der Waals surface area (Å²) < 4.78 is 22.2. The largest absolute Gasteiger partial charge is 0.493 e. The molecule has 1 heterocycles. The number of esters is 1. The first-order chi connectivity index (χ1) is 15.4. The maximum absolute atomic E-state index is 12.7. The molecule has 2 aromatic carbocycles. The fraction of sp³-hybridized carbons (Fsp3) is 0.280. The lowest BCUT2D eigenvalue weighted by Gasteiger charge is -2.27. The number of carbonyl (C=O) groups excluding carboxylic acids is 1. The van der Waals surface area contributed by atoms with Crippen molar-refractivity contribution in [2.75, 3.05) is 13.7 Å². The fourth-order valence-corrected chi connectivity index (χ4v) is 3.60. The highest BCUT2D eigenvalue weighted by atomic mass is 16.5. The minimum absolute atomic E-state index is 0.0399. The van der Waals surface area contributed by atoms with Crippen LogP contribution in [0.3, 0.4) is 0 Å². The molecule has 1 aliphatic heterocycles. The highest BCUT2D eigenvalue weighted by Gasteiger charge is 2.36. The SMILES string of the molecule is CCOC(=O)C1=C(C)OC(N)=C(C#N)C1c1ccc(OCc2ccccc2C)c(OC)c1. The van der Waals surface area contributed by atoms with E-state index in [0.717, 1.165) is 11.1 Å². The molecular weight excluding hydrogens is 408 g/mol. The van der Waals surface area contributed by atoms with Gasteiger partial charge in [0.15, 0.2) is 11.5 Å². The standard InChI is InChI=1S/C25H26N2O5/c1-5-30-25(28)22-16(3)32-24(27)19(13-26)23(22)17-10-11-20(21(12-17)29-4)31-14-18-9-7-6-8-15(18)2/h6-12,23H,5,14,27H2,1-4H3. The molecule has 0 amide bonds. The number of nitrogens with two attached hydrogens (primary N) is 1. The van der Waals surface area contributed by atoms with Gasteiger partial charge in [0.2, 0.25) is 5.88 Å². The Balaban J connectivity index is 1.99. The smallest absolute Gasteiger partial charge is 0.338 e. The van der Waals surface area contributed by atoms with Gasteiger partial charge in [-0.15, -0.1) is 0 Å². The van der Waals surface area contributed by atoms with Crippen LogP contribution in [0.4, 0.5) is 0 Å². The van der Waals surface area contributed by atoms with Crippen LogP contribution in [0.2, 0.25) is 0 Å². The van der Waals surface area contributed by atoms with Gasteiger partial charge < -0.3 is 24.7 Å². The maximum Gasteiger partial charge on any atom is 0.338 e. The van der Waals surface area contributed by atoms with Gasteiger partial charge in [-0.2, -0.15) is 5.26 Å². The lowest BCUT2D eigenvalue weighted by Crippen LogP contribution is -2.25. The maximum atomic E-state index is 12.7. The zero-order chi connectivity index (χ0) is 23.3. The molecule has 7 nitrogen and oxygen atoms in total. The van der Waals surface area contributed by atoms with Crippen molar-refractivity contribution < 1.29 is 23.7 Å². The number of carbonyl (C=O) groups is 1. The van der Waals surface area contributed by atoms with Crippen molar-refractivity contribution >= 4 is 5.97 Å². The Kier molecular flexibility index (Phi) is 7.06. The van der Waals surface area contributed by atoms with Crippen molar-refractivity contribution in [1.29, 1.82) is 5.26 Å². The summed E-state index contributed by atoms with van der Waals surface area (Å²) in [7, 11) is 1.53. The van der Waals surface area contributed by atoms with Gasteiger partial charge in [-0.3, -0.25) is 0 Å². The third-order valence-corrected chi connectivity index (χ3v) is 5.27. The van der Waals surface area contributed by atoms with Gasteiger partial charge >= 0.3 is 5.97 Å². The number of rotatable bonds is 7. The van der Waals surface area contributed by atoms with E-state index < -0.39 is 11.9 Å². The Morgan fingerprint density at radius 2 is 1.94 bits per heavy atom. The molecule has 166 valence electrons. The summed E-state index contributed by atoms with van der Waals surface area (Å²) in [6.45, 7) is 5.93. The van der Waals surface area contributed by atoms with E-state index in [1.165, 1.54) is 7.11 Å². The highest BCUT2D eigenvalue weighted by molar-refractivity contribution is 5.92. The van der Waals surface area contributed by atoms with Gasteiger partial charge in [-0.25, -0.2) is 4.79 Å². The van der Waals surface area contributed by atoms with Gasteiger partial charge in [-0.05, 0) is 49.6 Å². The van der Waals surface area contributed by atoms with Crippen LogP contribution in [0, 0.1) is 18.3 Å². The van der Waals surface area contributed by atoms with Crippen LogP contribution in [0.15, 0.2) is 65.3 Å². The van der Waals surface area contributed by atoms with Crippen molar-refractivity contribution in [3.8, 4) is 17.6 Å². The molecule has 1 atom stereocenters. The zero-order valence-corrected chi connectivity index (χ0v) is 18.6. The van der Waals surface area contributed by atoms with E-state index >= 15 is 0 Å². The van der Waals surface area contributed by atoms with Gasteiger partial charge in [0.1, 0.15) is 24.0 Å². The quantitative estimate of drug-likeness (QED) is 0.651. The first kappa shape index (κ1) is 22.8. The summed E-state index contributed by atoms with van der Waals surface area (Å²) in [5.41, 5.74) is 9.15. The second-order valence-electron chi connectivity index (χ2n) is 7.24. The zero-order valence-electron chi connectivity index (χ0n) is 18.6. The number of methoxy groups -OCH3 is 1. The monoisotopic (exact) mass is 434 g/mol. The van der Waals surface area contributed by atoms with Crippen LogP contribution < -0.4 is 15.2 Å². The van der Waals surface area contributed by atoms with E-state index in [1.54, 1.807) is 32.0 Å². The molecule has 2 aromatic rings. The predicted octanol–water partition coefficient (Wildman–Crippen LogP) is 4.23. The van der Waals surface area contributed by atoms with Crippen LogP contribution in [-0.2, 0) is 20.9 Å². The number of aryl methyl sites for hydroxylation is 1. The molecule has 0 fully saturated rings. The fourth-order valence-electron chi connectivity index (χ4n) is 3.60. The molecule has 0 bridgehead atoms. The third-order valence-electron chi connectivity index (χ3n) is 5.27. The molecule has 0 aliphatic carbocycles. The van der Waals surface area contributed by atoms with Gasteiger partial charge in [0.05, 0.1) is 25.2 Å². The first-order valence-electron chi connectivity index (χ1n) is 10.2. The summed E-state index contributed by atoms with van der Waals surface area (Å²) >= 11 is 0. The molecule has 7 heteroatoms. The van der Waals surface area contributed by atoms with E-state index in [1.807, 2.05) is 31.2 Å². The molecule has 0 saturated heterocycles. The van der Waals surface area contributed by atoms with E-state index in [9.17, 15) is 10.1 Å². The van der Waals surface area contributed by atoms with Gasteiger partial charge in [0.25, 0.3) is 0 Å². The highest BCUT2D eigenvalue weighted by Crippen LogP contribution is 2.42. The Hall–Kier alpha value is -3.92. The van der Waals surface area contributed by atoms with Crippen LogP contribution in [0.25, 0.3) is 0 Å². The first-order valence-corrected chi connectivity index (χ1v) is 10.2. The average molecular weight is 434 g/mol. The summed E-state index contributed by atoms with van der Waals surface area (Å²) in [5, 5.41) is 9.73. The molecule has 0 spiro atoms. The molecule has 0 aromatic heterocycles. The molecule has 1 aliphatic rings. The van der Waals surface area contributed by atoms with E-state index in [-0.39, 0.29) is 23.6 Å². The van der Waals surface area contributed by atoms with Crippen LogP contribution in [-0.4, -0.2) is 19.7 Å². The van der Waals surface area contributed by atoms with Crippen molar-refractivity contribution in [1.82, 2.24) is 0 Å². The van der Waals surface area contributed by atoms with Crippen molar-refractivity contribution in [3.05, 3.63) is 81.9 Å². The lowest BCUT2D eigenvalue weighted by molar-refractivity contribution is -0.139. The Bertz CT molecular complexity index is 1130. The van der Waals surface area contributed by atoms with Crippen LogP contribution >= 0.6 is 0 Å². The normalized spacial score (nSPS) is 15.7. The number of nitriles is 1. The second kappa shape index (κ2) is 9.92. The summed E-state index contributed by atoms with van der Waals surface area (Å²) in [6, 6.07) is 15.3. The number of ether oxygens (including phenoxy) is 4. The lowest BCUT2D eigenvalue weighted by atomic mass is 9.83. The number of allylic oxidation sites excluding steroid dienone is 2. The third kappa shape index (κ3) is 4.54. The number of benzene rings is 2. The molecule has 0 radical (unpaired) electrons. The average Bonchev–Trinajstić information content (AvgIpc) is 2.78. The Labute approximate surface area is 187 Å². The Morgan fingerprint density at radius 1 is 1.19 bits per heavy atom. The van der Waals surface area contributed by atoms with Gasteiger partial charge in [-0.1, -0.05) is 30.3 Å². The Morgan fingerprint density at radius 3 is 2.59 bits per heavy atom. The van der Waals surface area contributed by atoms with Crippen molar-refractivity contribution in [3.63, 3.8) is 0 Å². The van der Waals surface area contributed by atoms with Gasteiger partial charge in [0, 0.05) is 0 Å². The molecule has 0 saturated carbocycles. The number of nitrogens with zero attached hydrogens (tertiary/aromatic N) is 1. The molecule has 2 N–H and O–H groups in total. The topological polar surface area (TPSA) is 104 Å². The van der Waals surface area contributed by atoms with Crippen LogP contribution in [0.1, 0.15) is 36.5 Å². The van der Waals surface area contributed by atoms with E-state index in [4.69, 9.17) is 24.7 Å². The number of hydrogen-bond acceptors (Lipinski definition) is 7. The van der Waals surface area contributed by atoms with E-state index in [2.05, 4.69) is 6.07 Å². The van der Waals surface area contributed by atoms with Crippen molar-refractivity contribution in [2.45, 2.75) is 33.3 Å². The molecular formula is C25H26N2O5. The van der Waals surface area contributed by atoms with Crippen LogP contribution in [0.5, 0.6) is 11.5 Å². The number of hydrogen-bond donors (Lipinski definition) is 1. The summed E-state index contributed by atoms with van der Waals surface area (Å²) in [6.07, 6.45) is 0. The second-order valence-corrected chi connectivity index (χ2v) is 7.24. The van der Waals surface area contributed by atoms with Crippen molar-refractivity contribution in [2.24, 2.45) is 5.73 Å². The predicted molar refractivity (Wildman–Crippen MR) is 118 cm³/mol. The minimum Gasteiger partial charge on any atom is -0.493 e. The molecule has 3 rings (SSSR count). The minimum atomic E-state index is -0.743. The summed E-state index contributed by atoms with van der Waals surface area (Å²) in [5.74, 6) is -0.0355. The van der Waals surface area contributed by atoms with E-state index in [0.29, 0.717) is 29.4 Å². The summed E-state index contributed by atoms with van der Waals surface area (Å²) in [4.78, 5) is 12.7. The molecule has 1 unspecified atom stereocenters. The molecule has 32 heavy (non-hydrogen) atoms.